The number of aromatic nitrogens is 3. The Balaban J connectivity index is 1.63. The number of hydrogen-bond acceptors (Lipinski definition) is 6. The van der Waals surface area contributed by atoms with Gasteiger partial charge in [0.25, 0.3) is 0 Å². The summed E-state index contributed by atoms with van der Waals surface area (Å²) in [6.07, 6.45) is 4.50. The lowest BCUT2D eigenvalue weighted by molar-refractivity contribution is -0.0253. The number of carbonyl (C=O) groups excluding carboxylic acids is 1. The molecule has 7 nitrogen and oxygen atoms in total. The third-order valence-electron chi connectivity index (χ3n) is 5.46. The number of morpholine rings is 1. The number of aryl methyl sites for hydroxylation is 1. The van der Waals surface area contributed by atoms with E-state index in [1.54, 1.807) is 24.5 Å². The third kappa shape index (κ3) is 4.34. The van der Waals surface area contributed by atoms with Crippen molar-refractivity contribution < 1.29 is 18.7 Å². The zero-order valence-electron chi connectivity index (χ0n) is 17.2. The maximum Gasteiger partial charge on any atom is 0.338 e. The second-order valence-corrected chi connectivity index (χ2v) is 7.58. The van der Waals surface area contributed by atoms with E-state index in [-0.39, 0.29) is 11.9 Å². The number of hydrogen-bond donors (Lipinski definition) is 0. The zero-order valence-corrected chi connectivity index (χ0v) is 17.2. The molecule has 3 heterocycles. The number of esters is 1. The van der Waals surface area contributed by atoms with Crippen LogP contribution in [0.2, 0.25) is 0 Å². The Morgan fingerprint density at radius 2 is 2.23 bits per heavy atom. The Labute approximate surface area is 174 Å². The minimum absolute atomic E-state index is 0.149. The van der Waals surface area contributed by atoms with Gasteiger partial charge in [-0.3, -0.25) is 9.67 Å². The van der Waals surface area contributed by atoms with Crippen LogP contribution in [0.1, 0.15) is 28.0 Å². The van der Waals surface area contributed by atoms with Crippen LogP contribution in [0.5, 0.6) is 0 Å². The predicted octanol–water partition coefficient (Wildman–Crippen LogP) is 2.67. The number of carbonyl (C=O) groups is 1. The van der Waals surface area contributed by atoms with Crippen LogP contribution in [0.3, 0.4) is 0 Å². The Morgan fingerprint density at radius 1 is 1.37 bits per heavy atom. The van der Waals surface area contributed by atoms with Gasteiger partial charge in [0, 0.05) is 43.8 Å². The standard InChI is InChI=1S/C22H25FN4O3/c1-26-9-10-30-17(14-26)6-8-27-21-4-3-16(23)12-19(21)20(25-27)11-15-13-24-7-5-18(15)22(28)29-2/h3-5,7,12-13,17H,6,8-11,14H2,1-2H3. The van der Waals surface area contributed by atoms with Crippen molar-refractivity contribution >= 4 is 16.9 Å². The van der Waals surface area contributed by atoms with Crippen molar-refractivity contribution in [2.75, 3.05) is 33.9 Å². The summed E-state index contributed by atoms with van der Waals surface area (Å²) in [6.45, 7) is 3.23. The number of halogens is 1. The van der Waals surface area contributed by atoms with Crippen molar-refractivity contribution in [2.24, 2.45) is 0 Å². The highest BCUT2D eigenvalue weighted by Gasteiger charge is 2.20. The molecule has 1 aliphatic rings. The van der Waals surface area contributed by atoms with Crippen molar-refractivity contribution in [3.8, 4) is 0 Å². The highest BCUT2D eigenvalue weighted by atomic mass is 19.1. The van der Waals surface area contributed by atoms with E-state index >= 15 is 0 Å². The molecule has 0 spiro atoms. The minimum Gasteiger partial charge on any atom is -0.465 e. The van der Waals surface area contributed by atoms with Gasteiger partial charge in [-0.2, -0.15) is 5.10 Å². The number of ether oxygens (including phenoxy) is 2. The number of rotatable bonds is 6. The molecule has 0 amide bonds. The van der Waals surface area contributed by atoms with Gasteiger partial charge < -0.3 is 14.4 Å². The van der Waals surface area contributed by atoms with Crippen LogP contribution in [-0.2, 0) is 22.4 Å². The van der Waals surface area contributed by atoms with Gasteiger partial charge in [0.15, 0.2) is 0 Å². The predicted molar refractivity (Wildman–Crippen MR) is 110 cm³/mol. The number of methoxy groups -OCH3 is 1. The molecule has 1 aliphatic heterocycles. The summed E-state index contributed by atoms with van der Waals surface area (Å²) in [5.41, 5.74) is 2.69. The highest BCUT2D eigenvalue weighted by Crippen LogP contribution is 2.24. The second kappa shape index (κ2) is 8.89. The molecule has 2 aromatic heterocycles. The molecule has 0 N–H and O–H groups in total. The molecule has 30 heavy (non-hydrogen) atoms. The van der Waals surface area contributed by atoms with Gasteiger partial charge in [-0.25, -0.2) is 9.18 Å². The van der Waals surface area contributed by atoms with Gasteiger partial charge in [-0.15, -0.1) is 0 Å². The van der Waals surface area contributed by atoms with Gasteiger partial charge in [-0.1, -0.05) is 0 Å². The minimum atomic E-state index is -0.430. The fraction of sp³-hybridized carbons (Fsp3) is 0.409. The van der Waals surface area contributed by atoms with E-state index in [0.717, 1.165) is 37.0 Å². The van der Waals surface area contributed by atoms with E-state index in [9.17, 15) is 9.18 Å². The second-order valence-electron chi connectivity index (χ2n) is 7.58. The van der Waals surface area contributed by atoms with E-state index in [1.165, 1.54) is 19.2 Å². The van der Waals surface area contributed by atoms with E-state index in [1.807, 2.05) is 4.68 Å². The van der Waals surface area contributed by atoms with Crippen molar-refractivity contribution in [1.82, 2.24) is 19.7 Å². The van der Waals surface area contributed by atoms with Crippen LogP contribution in [0.4, 0.5) is 4.39 Å². The number of fused-ring (bicyclic) bond motifs is 1. The van der Waals surface area contributed by atoms with Crippen molar-refractivity contribution in [3.63, 3.8) is 0 Å². The monoisotopic (exact) mass is 412 g/mol. The molecule has 1 atom stereocenters. The number of likely N-dealkylation sites (N-methyl/N-ethyl adjacent to an activating group) is 1. The van der Waals surface area contributed by atoms with Crippen molar-refractivity contribution in [1.29, 1.82) is 0 Å². The lowest BCUT2D eigenvalue weighted by Crippen LogP contribution is -2.40. The van der Waals surface area contributed by atoms with Crippen LogP contribution in [-0.4, -0.2) is 65.6 Å². The number of pyridine rings is 1. The molecule has 8 heteroatoms. The summed E-state index contributed by atoms with van der Waals surface area (Å²) < 4.78 is 26.6. The van der Waals surface area contributed by atoms with Crippen LogP contribution in [0.15, 0.2) is 36.7 Å². The van der Waals surface area contributed by atoms with Crippen LogP contribution < -0.4 is 0 Å². The van der Waals surface area contributed by atoms with E-state index in [4.69, 9.17) is 14.6 Å². The fourth-order valence-corrected chi connectivity index (χ4v) is 3.88. The quantitative estimate of drug-likeness (QED) is 0.580. The van der Waals surface area contributed by atoms with Gasteiger partial charge in [0.1, 0.15) is 5.82 Å². The van der Waals surface area contributed by atoms with Crippen LogP contribution in [0, 0.1) is 5.82 Å². The van der Waals surface area contributed by atoms with Crippen molar-refractivity contribution in [2.45, 2.75) is 25.5 Å². The summed E-state index contributed by atoms with van der Waals surface area (Å²) >= 11 is 0. The molecular formula is C22H25FN4O3. The smallest absolute Gasteiger partial charge is 0.338 e. The normalized spacial score (nSPS) is 17.4. The first-order valence-corrected chi connectivity index (χ1v) is 10.0. The van der Waals surface area contributed by atoms with Gasteiger partial charge in [0.2, 0.25) is 0 Å². The maximum absolute atomic E-state index is 14.0. The lowest BCUT2D eigenvalue weighted by Gasteiger charge is -2.30. The largest absolute Gasteiger partial charge is 0.465 e. The third-order valence-corrected chi connectivity index (χ3v) is 5.46. The highest BCUT2D eigenvalue weighted by molar-refractivity contribution is 5.91. The Kier molecular flexibility index (Phi) is 6.06. The summed E-state index contributed by atoms with van der Waals surface area (Å²) in [5.74, 6) is -0.749. The molecule has 0 bridgehead atoms. The first kappa shape index (κ1) is 20.4. The molecule has 3 aromatic rings. The molecule has 1 unspecified atom stereocenters. The Morgan fingerprint density at radius 3 is 3.03 bits per heavy atom. The molecule has 0 aliphatic carbocycles. The molecule has 1 aromatic carbocycles. The number of nitrogens with zero attached hydrogens (tertiary/aromatic N) is 4. The Hall–Kier alpha value is -2.84. The van der Waals surface area contributed by atoms with Crippen LogP contribution in [0.25, 0.3) is 10.9 Å². The molecule has 0 radical (unpaired) electrons. The molecule has 1 fully saturated rings. The Bertz CT molecular complexity index is 1050. The summed E-state index contributed by atoms with van der Waals surface area (Å²) in [6, 6.07) is 6.31. The van der Waals surface area contributed by atoms with Gasteiger partial charge >= 0.3 is 5.97 Å². The molecular weight excluding hydrogens is 387 g/mol. The van der Waals surface area contributed by atoms with E-state index in [0.29, 0.717) is 29.8 Å². The molecule has 1 saturated heterocycles. The van der Waals surface area contributed by atoms with Gasteiger partial charge in [-0.05, 0) is 43.3 Å². The average Bonchev–Trinajstić information content (AvgIpc) is 3.08. The topological polar surface area (TPSA) is 69.5 Å². The maximum atomic E-state index is 14.0. The van der Waals surface area contributed by atoms with Crippen LogP contribution >= 0.6 is 0 Å². The zero-order chi connectivity index (χ0) is 21.1. The molecule has 4 rings (SSSR count). The summed E-state index contributed by atoms with van der Waals surface area (Å²) in [5, 5.41) is 5.49. The summed E-state index contributed by atoms with van der Waals surface area (Å²) in [4.78, 5) is 18.5. The number of benzene rings is 1. The van der Waals surface area contributed by atoms with Crippen molar-refractivity contribution in [3.05, 3.63) is 59.3 Å². The lowest BCUT2D eigenvalue weighted by atomic mass is 10.0. The van der Waals surface area contributed by atoms with E-state index in [2.05, 4.69) is 16.9 Å². The SMILES string of the molecule is COC(=O)c1ccncc1Cc1nn(CCC2CN(C)CCO2)c2ccc(F)cc12. The fourth-order valence-electron chi connectivity index (χ4n) is 3.88. The average molecular weight is 412 g/mol. The van der Waals surface area contributed by atoms with E-state index < -0.39 is 5.97 Å². The first-order valence-electron chi connectivity index (χ1n) is 10.0. The molecule has 158 valence electrons. The molecule has 0 saturated carbocycles. The summed E-state index contributed by atoms with van der Waals surface area (Å²) in [7, 11) is 3.43. The first-order chi connectivity index (χ1) is 14.5. The van der Waals surface area contributed by atoms with Gasteiger partial charge in [0.05, 0.1) is 36.6 Å².